The Morgan fingerprint density at radius 2 is 2.12 bits per heavy atom. The predicted octanol–water partition coefficient (Wildman–Crippen LogP) is 2.25. The summed E-state index contributed by atoms with van der Waals surface area (Å²) in [5.74, 6) is 2.18. The number of halogens is 1. The molecule has 0 aliphatic heterocycles. The Morgan fingerprint density at radius 1 is 1.38 bits per heavy atom. The molecule has 0 spiro atoms. The molecular weight excluding hydrogens is 360 g/mol. The highest BCUT2D eigenvalue weighted by molar-refractivity contribution is 5.91. The molecule has 1 aromatic heterocycles. The topological polar surface area (TPSA) is 112 Å². The Labute approximate surface area is 157 Å². The van der Waals surface area contributed by atoms with Crippen LogP contribution in [0, 0.1) is 0 Å². The molecule has 8 nitrogen and oxygen atoms in total. The molecule has 1 aliphatic rings. The highest BCUT2D eigenvalue weighted by Gasteiger charge is 2.29. The molecule has 142 valence electrons. The number of methoxy groups -OCH3 is 1. The van der Waals surface area contributed by atoms with E-state index in [2.05, 4.69) is 15.5 Å². The molecule has 1 amide bonds. The molecule has 0 radical (unpaired) electrons. The van der Waals surface area contributed by atoms with Crippen molar-refractivity contribution in [3.63, 3.8) is 0 Å². The lowest BCUT2D eigenvalue weighted by molar-refractivity contribution is -0.118. The van der Waals surface area contributed by atoms with E-state index in [4.69, 9.17) is 19.7 Å². The number of hydrogen-bond donors (Lipinski definition) is 2. The number of nitrogens with one attached hydrogen (secondary N) is 1. The van der Waals surface area contributed by atoms with Crippen LogP contribution >= 0.6 is 12.4 Å². The fourth-order valence-electron chi connectivity index (χ4n) is 2.29. The van der Waals surface area contributed by atoms with Gasteiger partial charge in [0.1, 0.15) is 5.75 Å². The van der Waals surface area contributed by atoms with Gasteiger partial charge in [-0.15, -0.1) is 12.4 Å². The van der Waals surface area contributed by atoms with E-state index < -0.39 is 0 Å². The molecule has 0 saturated heterocycles. The summed E-state index contributed by atoms with van der Waals surface area (Å²) < 4.78 is 15.9. The van der Waals surface area contributed by atoms with Crippen LogP contribution in [0.25, 0.3) is 0 Å². The lowest BCUT2D eigenvalue weighted by atomic mass is 10.2. The Kier molecular flexibility index (Phi) is 7.38. The average molecular weight is 383 g/mol. The van der Waals surface area contributed by atoms with E-state index in [-0.39, 0.29) is 37.4 Å². The molecule has 1 fully saturated rings. The zero-order chi connectivity index (χ0) is 17.6. The fraction of sp³-hybridized carbons (Fsp3) is 0.471. The third-order valence-electron chi connectivity index (χ3n) is 3.93. The maximum Gasteiger partial charge on any atom is 0.229 e. The summed E-state index contributed by atoms with van der Waals surface area (Å²) in [6.07, 6.45) is 2.17. The maximum atomic E-state index is 11.9. The summed E-state index contributed by atoms with van der Waals surface area (Å²) in [6.45, 7) is 0.545. The minimum absolute atomic E-state index is 0. The number of benzene rings is 1. The van der Waals surface area contributed by atoms with Crippen molar-refractivity contribution in [3.05, 3.63) is 36.0 Å². The molecule has 1 aromatic carbocycles. The van der Waals surface area contributed by atoms with Crippen molar-refractivity contribution in [2.75, 3.05) is 19.0 Å². The standard InChI is InChI=1S/C17H22N4O4.ClH/c1-23-14(9-18)8-16(22)19-12-4-6-13(7-5-12)24-10-15-20-17(25-21-15)11-2-3-11;/h4-7,11,14H,2-3,8-10,18H2,1H3,(H,19,22);1H. The first-order valence-corrected chi connectivity index (χ1v) is 8.26. The van der Waals surface area contributed by atoms with Gasteiger partial charge in [-0.25, -0.2) is 0 Å². The number of aromatic nitrogens is 2. The minimum atomic E-state index is -0.280. The van der Waals surface area contributed by atoms with Gasteiger partial charge in [-0.05, 0) is 37.1 Å². The molecule has 0 bridgehead atoms. The van der Waals surface area contributed by atoms with Crippen molar-refractivity contribution in [1.29, 1.82) is 0 Å². The van der Waals surface area contributed by atoms with Crippen LogP contribution in [0.3, 0.4) is 0 Å². The summed E-state index contributed by atoms with van der Waals surface area (Å²) in [5.41, 5.74) is 6.19. The summed E-state index contributed by atoms with van der Waals surface area (Å²) in [4.78, 5) is 16.2. The molecule has 9 heteroatoms. The first-order valence-electron chi connectivity index (χ1n) is 8.26. The number of nitrogens with two attached hydrogens (primary N) is 1. The molecule has 1 unspecified atom stereocenters. The van der Waals surface area contributed by atoms with Gasteiger partial charge in [0.25, 0.3) is 0 Å². The average Bonchev–Trinajstić information content (AvgIpc) is 3.37. The third kappa shape index (κ3) is 5.69. The quantitative estimate of drug-likeness (QED) is 0.683. The van der Waals surface area contributed by atoms with Gasteiger partial charge in [0.2, 0.25) is 17.6 Å². The van der Waals surface area contributed by atoms with Gasteiger partial charge in [-0.2, -0.15) is 4.98 Å². The zero-order valence-corrected chi connectivity index (χ0v) is 15.3. The summed E-state index contributed by atoms with van der Waals surface area (Å²) in [6, 6.07) is 7.08. The summed E-state index contributed by atoms with van der Waals surface area (Å²) in [5, 5.41) is 6.70. The molecule has 3 N–H and O–H groups in total. The van der Waals surface area contributed by atoms with Crippen LogP contribution in [0.15, 0.2) is 28.8 Å². The van der Waals surface area contributed by atoms with Gasteiger partial charge < -0.3 is 25.0 Å². The summed E-state index contributed by atoms with van der Waals surface area (Å²) in [7, 11) is 1.54. The van der Waals surface area contributed by atoms with Gasteiger partial charge in [-0.1, -0.05) is 5.16 Å². The number of carbonyl (C=O) groups is 1. The number of amides is 1. The molecule has 1 heterocycles. The van der Waals surface area contributed by atoms with E-state index in [0.717, 1.165) is 12.8 Å². The summed E-state index contributed by atoms with van der Waals surface area (Å²) >= 11 is 0. The van der Waals surface area contributed by atoms with Crippen molar-refractivity contribution in [2.45, 2.75) is 37.9 Å². The van der Waals surface area contributed by atoms with Crippen molar-refractivity contribution >= 4 is 24.0 Å². The fourth-order valence-corrected chi connectivity index (χ4v) is 2.29. The van der Waals surface area contributed by atoms with Crippen LogP contribution < -0.4 is 15.8 Å². The molecule has 2 aromatic rings. The van der Waals surface area contributed by atoms with Gasteiger partial charge in [0.15, 0.2) is 6.61 Å². The van der Waals surface area contributed by atoms with Crippen LogP contribution in [0.4, 0.5) is 5.69 Å². The SMILES string of the molecule is COC(CN)CC(=O)Nc1ccc(OCc2noc(C3CC3)n2)cc1.Cl. The second-order valence-electron chi connectivity index (χ2n) is 5.98. The zero-order valence-electron chi connectivity index (χ0n) is 14.5. The lowest BCUT2D eigenvalue weighted by Gasteiger charge is -2.12. The van der Waals surface area contributed by atoms with Gasteiger partial charge in [0.05, 0.1) is 12.5 Å². The van der Waals surface area contributed by atoms with E-state index in [9.17, 15) is 4.79 Å². The van der Waals surface area contributed by atoms with Crippen LogP contribution in [-0.2, 0) is 16.1 Å². The van der Waals surface area contributed by atoms with Gasteiger partial charge in [-0.3, -0.25) is 4.79 Å². The Morgan fingerprint density at radius 3 is 2.73 bits per heavy atom. The van der Waals surface area contributed by atoms with Crippen molar-refractivity contribution in [3.8, 4) is 5.75 Å². The van der Waals surface area contributed by atoms with Crippen LogP contribution in [0.2, 0.25) is 0 Å². The molecule has 26 heavy (non-hydrogen) atoms. The second kappa shape index (κ2) is 9.51. The monoisotopic (exact) mass is 382 g/mol. The lowest BCUT2D eigenvalue weighted by Crippen LogP contribution is -2.28. The number of nitrogens with zero attached hydrogens (tertiary/aromatic N) is 2. The Bertz CT molecular complexity index is 699. The van der Waals surface area contributed by atoms with E-state index in [0.29, 0.717) is 35.6 Å². The highest BCUT2D eigenvalue weighted by Crippen LogP contribution is 2.38. The van der Waals surface area contributed by atoms with E-state index in [1.54, 1.807) is 24.3 Å². The molecular formula is C17H23ClN4O4. The van der Waals surface area contributed by atoms with Crippen molar-refractivity contribution in [2.24, 2.45) is 5.73 Å². The highest BCUT2D eigenvalue weighted by atomic mass is 35.5. The van der Waals surface area contributed by atoms with E-state index >= 15 is 0 Å². The van der Waals surface area contributed by atoms with E-state index in [1.807, 2.05) is 0 Å². The molecule has 1 atom stereocenters. The van der Waals surface area contributed by atoms with Gasteiger partial charge in [0, 0.05) is 25.3 Å². The van der Waals surface area contributed by atoms with Crippen molar-refractivity contribution in [1.82, 2.24) is 10.1 Å². The predicted molar refractivity (Wildman–Crippen MR) is 97.4 cm³/mol. The van der Waals surface area contributed by atoms with E-state index in [1.165, 1.54) is 7.11 Å². The number of ether oxygens (including phenoxy) is 2. The first-order chi connectivity index (χ1) is 12.2. The van der Waals surface area contributed by atoms with Gasteiger partial charge >= 0.3 is 0 Å². The second-order valence-corrected chi connectivity index (χ2v) is 5.98. The first kappa shape index (κ1) is 20.2. The molecule has 1 saturated carbocycles. The smallest absolute Gasteiger partial charge is 0.229 e. The Hall–Kier alpha value is -2.16. The number of anilines is 1. The minimum Gasteiger partial charge on any atom is -0.485 e. The number of hydrogen-bond acceptors (Lipinski definition) is 7. The van der Waals surface area contributed by atoms with Crippen LogP contribution in [0.1, 0.15) is 36.9 Å². The number of rotatable bonds is 9. The van der Waals surface area contributed by atoms with Crippen LogP contribution in [0.5, 0.6) is 5.75 Å². The normalized spacial score (nSPS) is 14.4. The molecule has 1 aliphatic carbocycles. The largest absolute Gasteiger partial charge is 0.485 e. The molecule has 3 rings (SSSR count). The van der Waals surface area contributed by atoms with Crippen molar-refractivity contribution < 1.29 is 18.8 Å². The maximum absolute atomic E-state index is 11.9. The number of carbonyl (C=O) groups excluding carboxylic acids is 1. The van der Waals surface area contributed by atoms with Crippen LogP contribution in [-0.4, -0.2) is 35.8 Å². The third-order valence-corrected chi connectivity index (χ3v) is 3.93. The Balaban J connectivity index is 0.00000243.